The number of aromatic nitrogens is 2. The Balaban J connectivity index is 1.70. The number of nitrogens with zero attached hydrogens (tertiary/aromatic N) is 2. The van der Waals surface area contributed by atoms with Gasteiger partial charge in [0.2, 0.25) is 0 Å². The Hall–Kier alpha value is -3.60. The van der Waals surface area contributed by atoms with Gasteiger partial charge in [0, 0.05) is 11.8 Å². The van der Waals surface area contributed by atoms with Crippen molar-refractivity contribution in [3.05, 3.63) is 78.6 Å². The predicted molar refractivity (Wildman–Crippen MR) is 109 cm³/mol. The summed E-state index contributed by atoms with van der Waals surface area (Å²) < 4.78 is 12.4. The third-order valence-corrected chi connectivity index (χ3v) is 4.61. The van der Waals surface area contributed by atoms with E-state index in [4.69, 9.17) is 9.47 Å². The number of hydrogen-bond donors (Lipinski definition) is 0. The molecule has 0 bridgehead atoms. The number of fused-ring (bicyclic) bond motifs is 1. The van der Waals surface area contributed by atoms with Gasteiger partial charge in [-0.15, -0.1) is 0 Å². The average Bonchev–Trinajstić information content (AvgIpc) is 3.17. The van der Waals surface area contributed by atoms with Crippen LogP contribution in [0.1, 0.15) is 17.3 Å². The monoisotopic (exact) mass is 372 g/mol. The van der Waals surface area contributed by atoms with Crippen LogP contribution in [0.15, 0.2) is 73.1 Å². The van der Waals surface area contributed by atoms with Crippen LogP contribution in [-0.4, -0.2) is 29.1 Å². The lowest BCUT2D eigenvalue weighted by Gasteiger charge is -2.08. The minimum atomic E-state index is -0.306. The smallest absolute Gasteiger partial charge is 0.338 e. The van der Waals surface area contributed by atoms with E-state index in [1.807, 2.05) is 60.9 Å². The van der Waals surface area contributed by atoms with Crippen molar-refractivity contribution in [2.24, 2.45) is 0 Å². The molecule has 28 heavy (non-hydrogen) atoms. The number of ether oxygens (including phenoxy) is 2. The Bertz CT molecular complexity index is 1110. The molecule has 0 saturated heterocycles. The lowest BCUT2D eigenvalue weighted by molar-refractivity contribution is 0.0526. The van der Waals surface area contributed by atoms with Gasteiger partial charge in [0.05, 0.1) is 42.4 Å². The molecule has 4 rings (SSSR count). The van der Waals surface area contributed by atoms with E-state index in [2.05, 4.69) is 9.38 Å². The van der Waals surface area contributed by atoms with Gasteiger partial charge in [-0.2, -0.15) is 0 Å². The fourth-order valence-electron chi connectivity index (χ4n) is 3.14. The van der Waals surface area contributed by atoms with Gasteiger partial charge in [0.1, 0.15) is 5.75 Å². The van der Waals surface area contributed by atoms with Crippen molar-refractivity contribution in [1.82, 2.24) is 9.38 Å². The first kappa shape index (κ1) is 17.8. The van der Waals surface area contributed by atoms with Gasteiger partial charge in [0.15, 0.2) is 0 Å². The van der Waals surface area contributed by atoms with Crippen molar-refractivity contribution < 1.29 is 14.3 Å². The molecule has 0 spiro atoms. The van der Waals surface area contributed by atoms with Gasteiger partial charge in [-0.1, -0.05) is 12.1 Å². The van der Waals surface area contributed by atoms with Crippen LogP contribution in [0.25, 0.3) is 28.0 Å². The molecule has 0 aliphatic rings. The first-order valence-corrected chi connectivity index (χ1v) is 9.08. The van der Waals surface area contributed by atoms with Crippen LogP contribution >= 0.6 is 0 Å². The molecule has 0 atom stereocenters. The molecule has 0 saturated carbocycles. The third kappa shape index (κ3) is 3.34. The van der Waals surface area contributed by atoms with Crippen LogP contribution in [0.4, 0.5) is 0 Å². The molecular formula is C23H20N2O3. The van der Waals surface area contributed by atoms with Crippen molar-refractivity contribution >= 4 is 11.5 Å². The Morgan fingerprint density at radius 3 is 2.36 bits per heavy atom. The molecule has 0 N–H and O–H groups in total. The van der Waals surface area contributed by atoms with Crippen molar-refractivity contribution in [3.8, 4) is 28.3 Å². The number of carbonyl (C=O) groups is 1. The summed E-state index contributed by atoms with van der Waals surface area (Å²) in [6, 6.07) is 19.3. The number of methoxy groups -OCH3 is 1. The molecule has 2 aromatic heterocycles. The Labute approximate surface area is 163 Å². The van der Waals surface area contributed by atoms with Crippen LogP contribution in [-0.2, 0) is 4.74 Å². The minimum absolute atomic E-state index is 0.306. The molecule has 0 amide bonds. The van der Waals surface area contributed by atoms with Gasteiger partial charge in [-0.05, 0) is 61.0 Å². The van der Waals surface area contributed by atoms with E-state index in [0.717, 1.165) is 33.8 Å². The van der Waals surface area contributed by atoms with Crippen molar-refractivity contribution in [2.75, 3.05) is 13.7 Å². The molecule has 2 aromatic carbocycles. The highest BCUT2D eigenvalue weighted by atomic mass is 16.5. The maximum absolute atomic E-state index is 11.9. The van der Waals surface area contributed by atoms with E-state index >= 15 is 0 Å². The van der Waals surface area contributed by atoms with E-state index in [9.17, 15) is 4.79 Å². The summed E-state index contributed by atoms with van der Waals surface area (Å²) >= 11 is 0. The number of carbonyl (C=O) groups excluding carboxylic acids is 1. The second-order valence-corrected chi connectivity index (χ2v) is 6.31. The minimum Gasteiger partial charge on any atom is -0.497 e. The van der Waals surface area contributed by atoms with Crippen LogP contribution in [0.5, 0.6) is 5.75 Å². The van der Waals surface area contributed by atoms with E-state index in [1.54, 1.807) is 26.2 Å². The van der Waals surface area contributed by atoms with E-state index in [-0.39, 0.29) is 5.97 Å². The molecule has 5 heteroatoms. The summed E-state index contributed by atoms with van der Waals surface area (Å²) in [6.45, 7) is 2.17. The van der Waals surface area contributed by atoms with Gasteiger partial charge in [-0.3, -0.25) is 4.98 Å². The van der Waals surface area contributed by atoms with Gasteiger partial charge in [-0.25, -0.2) is 4.79 Å². The second kappa shape index (κ2) is 7.56. The maximum atomic E-state index is 11.9. The first-order valence-electron chi connectivity index (χ1n) is 9.08. The number of benzene rings is 2. The van der Waals surface area contributed by atoms with E-state index in [1.165, 1.54) is 0 Å². The summed E-state index contributed by atoms with van der Waals surface area (Å²) in [6.07, 6.45) is 3.88. The average molecular weight is 372 g/mol. The summed E-state index contributed by atoms with van der Waals surface area (Å²) in [5.41, 5.74) is 5.48. The first-order chi connectivity index (χ1) is 13.7. The summed E-state index contributed by atoms with van der Waals surface area (Å²) in [7, 11) is 1.65. The summed E-state index contributed by atoms with van der Waals surface area (Å²) in [5.74, 6) is 0.508. The molecule has 0 fully saturated rings. The van der Waals surface area contributed by atoms with Gasteiger partial charge in [0.25, 0.3) is 0 Å². The third-order valence-electron chi connectivity index (χ3n) is 4.61. The van der Waals surface area contributed by atoms with Crippen LogP contribution in [0, 0.1) is 0 Å². The highest BCUT2D eigenvalue weighted by molar-refractivity contribution is 5.90. The molecule has 4 aromatic rings. The molecule has 0 aliphatic heterocycles. The Morgan fingerprint density at radius 2 is 1.68 bits per heavy atom. The van der Waals surface area contributed by atoms with Gasteiger partial charge >= 0.3 is 5.97 Å². The van der Waals surface area contributed by atoms with Crippen molar-refractivity contribution in [3.63, 3.8) is 0 Å². The van der Waals surface area contributed by atoms with Crippen LogP contribution < -0.4 is 4.74 Å². The zero-order valence-electron chi connectivity index (χ0n) is 15.8. The summed E-state index contributed by atoms with van der Waals surface area (Å²) in [5, 5.41) is 0. The molecule has 5 nitrogen and oxygen atoms in total. The van der Waals surface area contributed by atoms with Gasteiger partial charge < -0.3 is 13.9 Å². The number of hydrogen-bond acceptors (Lipinski definition) is 4. The quantitative estimate of drug-likeness (QED) is 0.470. The molecule has 0 aliphatic carbocycles. The standard InChI is InChI=1S/C23H20N2O3/c1-3-28-23(26)18-6-4-17(5-7-18)22-13-10-19-14-24-21(15-25(19)22)16-8-11-20(27-2)12-9-16/h4-15H,3H2,1-2H3. The second-order valence-electron chi connectivity index (χ2n) is 6.31. The lowest BCUT2D eigenvalue weighted by Crippen LogP contribution is -2.04. The topological polar surface area (TPSA) is 52.8 Å². The lowest BCUT2D eigenvalue weighted by atomic mass is 10.1. The number of esters is 1. The van der Waals surface area contributed by atoms with Crippen LogP contribution in [0.2, 0.25) is 0 Å². The molecule has 2 heterocycles. The zero-order chi connectivity index (χ0) is 19.5. The Morgan fingerprint density at radius 1 is 0.964 bits per heavy atom. The molecule has 140 valence electrons. The van der Waals surface area contributed by atoms with Crippen molar-refractivity contribution in [2.45, 2.75) is 6.92 Å². The maximum Gasteiger partial charge on any atom is 0.338 e. The normalized spacial score (nSPS) is 10.8. The fraction of sp³-hybridized carbons (Fsp3) is 0.130. The molecule has 0 unspecified atom stereocenters. The SMILES string of the molecule is CCOC(=O)c1ccc(-c2ccc3cnc(-c4ccc(OC)cc4)cn23)cc1. The largest absolute Gasteiger partial charge is 0.497 e. The van der Waals surface area contributed by atoms with E-state index < -0.39 is 0 Å². The summed E-state index contributed by atoms with van der Waals surface area (Å²) in [4.78, 5) is 16.4. The highest BCUT2D eigenvalue weighted by Crippen LogP contribution is 2.26. The highest BCUT2D eigenvalue weighted by Gasteiger charge is 2.10. The van der Waals surface area contributed by atoms with Crippen molar-refractivity contribution in [1.29, 1.82) is 0 Å². The fourth-order valence-corrected chi connectivity index (χ4v) is 3.14. The molecule has 0 radical (unpaired) electrons. The predicted octanol–water partition coefficient (Wildman–Crippen LogP) is 4.85. The number of rotatable bonds is 5. The zero-order valence-corrected chi connectivity index (χ0v) is 15.8. The Kier molecular flexibility index (Phi) is 4.81. The molecular weight excluding hydrogens is 352 g/mol. The van der Waals surface area contributed by atoms with E-state index in [0.29, 0.717) is 12.2 Å². The van der Waals surface area contributed by atoms with Crippen LogP contribution in [0.3, 0.4) is 0 Å².